The van der Waals surface area contributed by atoms with Crippen LogP contribution in [-0.4, -0.2) is 5.97 Å². The van der Waals surface area contributed by atoms with E-state index in [4.69, 9.17) is 4.74 Å². The number of benzene rings is 1. The molecule has 0 spiro atoms. The highest BCUT2D eigenvalue weighted by molar-refractivity contribution is 5.72. The van der Waals surface area contributed by atoms with Gasteiger partial charge < -0.3 is 4.74 Å². The van der Waals surface area contributed by atoms with Gasteiger partial charge in [0.25, 0.3) is 0 Å². The molecular formula is C24H33F3O2. The number of carbonyl (C=O) groups excluding carboxylic acids is 1. The number of hydrogen-bond acceptors (Lipinski definition) is 2. The molecule has 0 aliphatic heterocycles. The van der Waals surface area contributed by atoms with Crippen LogP contribution in [-0.2, 0) is 4.79 Å². The van der Waals surface area contributed by atoms with Gasteiger partial charge in [0.15, 0.2) is 17.5 Å². The van der Waals surface area contributed by atoms with E-state index >= 15 is 0 Å². The van der Waals surface area contributed by atoms with E-state index in [0.29, 0.717) is 18.1 Å². The second-order valence-electron chi connectivity index (χ2n) is 9.08. The van der Waals surface area contributed by atoms with Crippen molar-refractivity contribution in [3.63, 3.8) is 0 Å². The Bertz CT molecular complexity index is 660. The van der Waals surface area contributed by atoms with Crippen molar-refractivity contribution in [2.24, 2.45) is 23.7 Å². The second kappa shape index (κ2) is 10.5. The largest absolute Gasteiger partial charge is 0.426 e. The van der Waals surface area contributed by atoms with Crippen LogP contribution in [0.15, 0.2) is 12.1 Å². The van der Waals surface area contributed by atoms with E-state index in [9.17, 15) is 18.0 Å². The molecular weight excluding hydrogens is 377 g/mol. The predicted octanol–water partition coefficient (Wildman–Crippen LogP) is 7.20. The number of esters is 1. The minimum atomic E-state index is -1.55. The molecule has 1 aromatic carbocycles. The van der Waals surface area contributed by atoms with E-state index in [-0.39, 0.29) is 12.2 Å². The third-order valence-electron chi connectivity index (χ3n) is 7.02. The first-order chi connectivity index (χ1) is 14.0. The third-order valence-corrected chi connectivity index (χ3v) is 7.02. The van der Waals surface area contributed by atoms with E-state index in [2.05, 4.69) is 6.92 Å². The van der Waals surface area contributed by atoms with E-state index in [1.54, 1.807) is 0 Å². The Kier molecular flexibility index (Phi) is 8.02. The average Bonchev–Trinajstić information content (AvgIpc) is 2.71. The van der Waals surface area contributed by atoms with Crippen LogP contribution in [0.5, 0.6) is 5.75 Å². The van der Waals surface area contributed by atoms with Gasteiger partial charge in [0, 0.05) is 18.6 Å². The number of rotatable bonds is 7. The SMILES string of the molecule is CCC[C@H]1CC[C@H]([C@H]2CCCC(CCC(=O)Oc3cc(F)c(F)c(F)c3)C2)CC1. The van der Waals surface area contributed by atoms with Crippen molar-refractivity contribution >= 4 is 5.97 Å². The fourth-order valence-corrected chi connectivity index (χ4v) is 5.48. The van der Waals surface area contributed by atoms with Gasteiger partial charge in [-0.3, -0.25) is 4.79 Å². The van der Waals surface area contributed by atoms with Gasteiger partial charge in [0.1, 0.15) is 5.75 Å². The van der Waals surface area contributed by atoms with Gasteiger partial charge in [-0.25, -0.2) is 13.2 Å². The number of hydrogen-bond donors (Lipinski definition) is 0. The van der Waals surface area contributed by atoms with Crippen molar-refractivity contribution in [1.82, 2.24) is 0 Å². The van der Waals surface area contributed by atoms with Gasteiger partial charge >= 0.3 is 5.97 Å². The van der Waals surface area contributed by atoms with Gasteiger partial charge in [0.2, 0.25) is 0 Å². The molecule has 5 heteroatoms. The van der Waals surface area contributed by atoms with Gasteiger partial charge in [0.05, 0.1) is 0 Å². The molecule has 2 aliphatic carbocycles. The molecule has 0 aromatic heterocycles. The highest BCUT2D eigenvalue weighted by Gasteiger charge is 2.31. The smallest absolute Gasteiger partial charge is 0.311 e. The van der Waals surface area contributed by atoms with Crippen LogP contribution < -0.4 is 4.74 Å². The molecule has 162 valence electrons. The number of halogens is 3. The van der Waals surface area contributed by atoms with Crippen LogP contribution in [0.25, 0.3) is 0 Å². The Morgan fingerprint density at radius 1 is 0.931 bits per heavy atom. The van der Waals surface area contributed by atoms with Crippen molar-refractivity contribution in [1.29, 1.82) is 0 Å². The summed E-state index contributed by atoms with van der Waals surface area (Å²) in [4.78, 5) is 12.1. The summed E-state index contributed by atoms with van der Waals surface area (Å²) in [5.41, 5.74) is 0. The Morgan fingerprint density at radius 3 is 2.28 bits per heavy atom. The molecule has 2 saturated carbocycles. The average molecular weight is 411 g/mol. The summed E-state index contributed by atoms with van der Waals surface area (Å²) in [6, 6.07) is 1.42. The van der Waals surface area contributed by atoms with E-state index in [0.717, 1.165) is 30.6 Å². The fourth-order valence-electron chi connectivity index (χ4n) is 5.48. The lowest BCUT2D eigenvalue weighted by Crippen LogP contribution is -2.27. The van der Waals surface area contributed by atoms with Crippen LogP contribution in [0.4, 0.5) is 13.2 Å². The molecule has 2 aliphatic rings. The Morgan fingerprint density at radius 2 is 1.62 bits per heavy atom. The summed E-state index contributed by atoms with van der Waals surface area (Å²) in [5.74, 6) is -2.01. The minimum Gasteiger partial charge on any atom is -0.426 e. The van der Waals surface area contributed by atoms with Gasteiger partial charge in [-0.05, 0) is 49.4 Å². The number of carbonyl (C=O) groups is 1. The zero-order valence-electron chi connectivity index (χ0n) is 17.4. The van der Waals surface area contributed by atoms with Crippen LogP contribution >= 0.6 is 0 Å². The van der Waals surface area contributed by atoms with E-state index < -0.39 is 23.4 Å². The van der Waals surface area contributed by atoms with Gasteiger partial charge in [-0.1, -0.05) is 51.9 Å². The molecule has 0 bridgehead atoms. The Balaban J connectivity index is 1.43. The van der Waals surface area contributed by atoms with Crippen molar-refractivity contribution < 1.29 is 22.7 Å². The van der Waals surface area contributed by atoms with Crippen molar-refractivity contribution in [3.8, 4) is 5.75 Å². The molecule has 2 nitrogen and oxygen atoms in total. The van der Waals surface area contributed by atoms with E-state index in [1.165, 1.54) is 57.8 Å². The summed E-state index contributed by atoms with van der Waals surface area (Å²) < 4.78 is 44.5. The van der Waals surface area contributed by atoms with Crippen molar-refractivity contribution in [3.05, 3.63) is 29.6 Å². The van der Waals surface area contributed by atoms with Crippen molar-refractivity contribution in [2.45, 2.75) is 84.0 Å². The van der Waals surface area contributed by atoms with Crippen LogP contribution in [0, 0.1) is 41.1 Å². The molecule has 0 amide bonds. The zero-order chi connectivity index (χ0) is 20.8. The lowest BCUT2D eigenvalue weighted by molar-refractivity contribution is -0.134. The molecule has 1 unspecified atom stereocenters. The first kappa shape index (κ1) is 22.2. The molecule has 29 heavy (non-hydrogen) atoms. The quantitative estimate of drug-likeness (QED) is 0.270. The maximum Gasteiger partial charge on any atom is 0.311 e. The minimum absolute atomic E-state index is 0.223. The fraction of sp³-hybridized carbons (Fsp3) is 0.708. The second-order valence-corrected chi connectivity index (χ2v) is 9.08. The molecule has 0 saturated heterocycles. The van der Waals surface area contributed by atoms with Gasteiger partial charge in [-0.15, -0.1) is 0 Å². The summed E-state index contributed by atoms with van der Waals surface area (Å²) in [6.45, 7) is 2.27. The van der Waals surface area contributed by atoms with E-state index in [1.807, 2.05) is 0 Å². The lowest BCUT2D eigenvalue weighted by Gasteiger charge is -2.38. The first-order valence-electron chi connectivity index (χ1n) is 11.3. The molecule has 0 heterocycles. The summed E-state index contributed by atoms with van der Waals surface area (Å²) in [7, 11) is 0. The monoisotopic (exact) mass is 410 g/mol. The van der Waals surface area contributed by atoms with Gasteiger partial charge in [-0.2, -0.15) is 0 Å². The molecule has 1 aromatic rings. The molecule has 0 N–H and O–H groups in total. The van der Waals surface area contributed by atoms with Crippen LogP contribution in [0.3, 0.4) is 0 Å². The summed E-state index contributed by atoms with van der Waals surface area (Å²) in [6.07, 6.45) is 13.9. The highest BCUT2D eigenvalue weighted by Crippen LogP contribution is 2.43. The maximum absolute atomic E-state index is 13.2. The molecule has 2 fully saturated rings. The van der Waals surface area contributed by atoms with Crippen molar-refractivity contribution in [2.75, 3.05) is 0 Å². The Labute approximate surface area is 172 Å². The third kappa shape index (κ3) is 6.23. The first-order valence-corrected chi connectivity index (χ1v) is 11.3. The zero-order valence-corrected chi connectivity index (χ0v) is 17.4. The standard InChI is InChI=1S/C24H33F3O2/c1-2-4-16-7-10-18(11-8-16)19-6-3-5-17(13-19)9-12-23(28)29-20-14-21(25)24(27)22(26)15-20/h14-19H,2-13H2,1H3/t16-,17?,18-,19-/m0/s1. The predicted molar refractivity (Wildman–Crippen MR) is 107 cm³/mol. The normalized spacial score (nSPS) is 27.6. The Hall–Kier alpha value is -1.52. The maximum atomic E-state index is 13.2. The molecule has 0 radical (unpaired) electrons. The summed E-state index contributed by atoms with van der Waals surface area (Å²) >= 11 is 0. The molecule has 3 rings (SSSR count). The van der Waals surface area contributed by atoms with Crippen LogP contribution in [0.1, 0.15) is 84.0 Å². The lowest BCUT2D eigenvalue weighted by atomic mass is 9.67. The summed E-state index contributed by atoms with van der Waals surface area (Å²) in [5, 5.41) is 0. The topological polar surface area (TPSA) is 26.3 Å². The molecule has 2 atom stereocenters. The van der Waals surface area contributed by atoms with Crippen LogP contribution in [0.2, 0.25) is 0 Å². The highest BCUT2D eigenvalue weighted by atomic mass is 19.2. The number of ether oxygens (including phenoxy) is 1.